The van der Waals surface area contributed by atoms with Crippen molar-refractivity contribution < 1.29 is 19.4 Å². The molecule has 64 valence electrons. The number of ether oxygens (including phenoxy) is 1. The van der Waals surface area contributed by atoms with Crippen LogP contribution in [-0.2, 0) is 9.53 Å². The number of alkyl carbamates (subject to hydrolysis) is 1. The topological polar surface area (TPSA) is 75.6 Å². The molecule has 0 bridgehead atoms. The van der Waals surface area contributed by atoms with Crippen LogP contribution in [0.5, 0.6) is 0 Å². The summed E-state index contributed by atoms with van der Waals surface area (Å²) in [6.45, 7) is 0. The van der Waals surface area contributed by atoms with Crippen LogP contribution in [0.1, 0.15) is 0 Å². The Morgan fingerprint density at radius 1 is 1.73 bits per heavy atom. The van der Waals surface area contributed by atoms with Crippen LogP contribution in [-0.4, -0.2) is 36.1 Å². The van der Waals surface area contributed by atoms with Gasteiger partial charge in [-0.3, -0.25) is 0 Å². The van der Waals surface area contributed by atoms with Crippen LogP contribution < -0.4 is 5.32 Å². The van der Waals surface area contributed by atoms with E-state index in [4.69, 9.17) is 5.11 Å². The van der Waals surface area contributed by atoms with Crippen molar-refractivity contribution in [3.05, 3.63) is 0 Å². The van der Waals surface area contributed by atoms with E-state index in [1.807, 2.05) is 0 Å². The molecule has 0 aliphatic rings. The third-order valence-electron chi connectivity index (χ3n) is 0.958. The van der Waals surface area contributed by atoms with Crippen LogP contribution in [0.4, 0.5) is 4.79 Å². The van der Waals surface area contributed by atoms with Gasteiger partial charge in [-0.15, -0.1) is 0 Å². The highest BCUT2D eigenvalue weighted by molar-refractivity contribution is 7.80. The van der Waals surface area contributed by atoms with Crippen LogP contribution in [0.15, 0.2) is 0 Å². The standard InChI is InChI=1S/C5H9NO4S/c1-10-5(9)6-3(2-11)4(7)8/h3,11H,2H2,1H3,(H,6,9)(H,7,8)/t3-/m0/s1. The highest BCUT2D eigenvalue weighted by Gasteiger charge is 2.17. The molecule has 0 rings (SSSR count). The average Bonchev–Trinajstić information content (AvgIpc) is 1.99. The van der Waals surface area contributed by atoms with Gasteiger partial charge in [0.1, 0.15) is 6.04 Å². The molecular weight excluding hydrogens is 170 g/mol. The highest BCUT2D eigenvalue weighted by Crippen LogP contribution is 1.88. The van der Waals surface area contributed by atoms with E-state index in [0.29, 0.717) is 0 Å². The summed E-state index contributed by atoms with van der Waals surface area (Å²) in [6.07, 6.45) is -0.772. The second-order valence-corrected chi connectivity index (χ2v) is 2.07. The van der Waals surface area contributed by atoms with E-state index in [9.17, 15) is 9.59 Å². The van der Waals surface area contributed by atoms with Crippen LogP contribution in [0.3, 0.4) is 0 Å². The maximum Gasteiger partial charge on any atom is 0.407 e. The van der Waals surface area contributed by atoms with Gasteiger partial charge < -0.3 is 15.2 Å². The number of carboxylic acid groups (broad SMARTS) is 1. The lowest BCUT2D eigenvalue weighted by Gasteiger charge is -2.09. The first-order chi connectivity index (χ1) is 5.11. The van der Waals surface area contributed by atoms with Crippen LogP contribution in [0.2, 0.25) is 0 Å². The second kappa shape index (κ2) is 4.84. The van der Waals surface area contributed by atoms with Crippen molar-refractivity contribution >= 4 is 24.7 Å². The fraction of sp³-hybridized carbons (Fsp3) is 0.600. The van der Waals surface area contributed by atoms with Crippen LogP contribution in [0.25, 0.3) is 0 Å². The summed E-state index contributed by atoms with van der Waals surface area (Å²) >= 11 is 3.72. The van der Waals surface area contributed by atoms with Crippen molar-refractivity contribution in [3.8, 4) is 0 Å². The lowest BCUT2D eigenvalue weighted by Crippen LogP contribution is -2.41. The number of hydrogen-bond donors (Lipinski definition) is 3. The first-order valence-corrected chi connectivity index (χ1v) is 3.43. The number of carboxylic acids is 1. The molecule has 0 aromatic rings. The molecule has 0 fully saturated rings. The van der Waals surface area contributed by atoms with E-state index >= 15 is 0 Å². The maximum absolute atomic E-state index is 10.5. The normalized spacial score (nSPS) is 11.8. The summed E-state index contributed by atoms with van der Waals surface area (Å²) < 4.78 is 4.19. The number of nitrogens with one attached hydrogen (secondary N) is 1. The van der Waals surface area contributed by atoms with Gasteiger partial charge in [-0.25, -0.2) is 9.59 Å². The Bertz CT molecular complexity index is 161. The number of carbonyl (C=O) groups excluding carboxylic acids is 1. The number of rotatable bonds is 3. The number of hydrogen-bond acceptors (Lipinski definition) is 4. The largest absolute Gasteiger partial charge is 0.480 e. The van der Waals surface area contributed by atoms with E-state index in [1.165, 1.54) is 0 Å². The van der Waals surface area contributed by atoms with Gasteiger partial charge >= 0.3 is 12.1 Å². The van der Waals surface area contributed by atoms with Crippen molar-refractivity contribution in [2.24, 2.45) is 0 Å². The zero-order valence-electron chi connectivity index (χ0n) is 5.90. The molecule has 0 unspecified atom stereocenters. The molecular formula is C5H9NO4S. The first-order valence-electron chi connectivity index (χ1n) is 2.80. The molecule has 1 amide bonds. The molecule has 2 N–H and O–H groups in total. The number of methoxy groups -OCH3 is 1. The molecule has 0 aliphatic carbocycles. The zero-order valence-corrected chi connectivity index (χ0v) is 6.80. The molecule has 0 aromatic carbocycles. The number of carbonyl (C=O) groups is 2. The number of thiol groups is 1. The van der Waals surface area contributed by atoms with Gasteiger partial charge in [0.05, 0.1) is 7.11 Å². The molecule has 0 heterocycles. The second-order valence-electron chi connectivity index (χ2n) is 1.71. The molecule has 0 aliphatic heterocycles. The summed E-state index contributed by atoms with van der Waals surface area (Å²) in [5.74, 6) is -1.10. The monoisotopic (exact) mass is 179 g/mol. The summed E-state index contributed by atoms with van der Waals surface area (Å²) in [5.41, 5.74) is 0. The SMILES string of the molecule is COC(=O)N[C@@H](CS)C(=O)O. The van der Waals surface area contributed by atoms with E-state index in [0.717, 1.165) is 7.11 Å². The molecule has 5 nitrogen and oxygen atoms in total. The quantitative estimate of drug-likeness (QED) is 0.521. The van der Waals surface area contributed by atoms with E-state index in [2.05, 4.69) is 22.7 Å². The van der Waals surface area contributed by atoms with E-state index in [1.54, 1.807) is 0 Å². The first kappa shape index (κ1) is 10.1. The van der Waals surface area contributed by atoms with Gasteiger partial charge in [0.2, 0.25) is 0 Å². The predicted octanol–water partition coefficient (Wildman–Crippen LogP) is -0.275. The fourth-order valence-electron chi connectivity index (χ4n) is 0.387. The summed E-state index contributed by atoms with van der Waals surface area (Å²) in [4.78, 5) is 20.7. The summed E-state index contributed by atoms with van der Waals surface area (Å²) in [6, 6.07) is -0.995. The predicted molar refractivity (Wildman–Crippen MR) is 40.8 cm³/mol. The smallest absolute Gasteiger partial charge is 0.407 e. The third kappa shape index (κ3) is 3.72. The molecule has 0 saturated heterocycles. The molecule has 0 radical (unpaired) electrons. The van der Waals surface area contributed by atoms with E-state index in [-0.39, 0.29) is 5.75 Å². The Labute approximate surface area is 69.1 Å². The van der Waals surface area contributed by atoms with Crippen molar-refractivity contribution in [1.29, 1.82) is 0 Å². The molecule has 6 heteroatoms. The van der Waals surface area contributed by atoms with Crippen molar-refractivity contribution in [2.45, 2.75) is 6.04 Å². The molecule has 0 aromatic heterocycles. The van der Waals surface area contributed by atoms with Gasteiger partial charge in [-0.05, 0) is 0 Å². The number of aliphatic carboxylic acids is 1. The fourth-order valence-corrected chi connectivity index (χ4v) is 0.634. The Morgan fingerprint density at radius 3 is 2.55 bits per heavy atom. The van der Waals surface area contributed by atoms with Crippen molar-refractivity contribution in [2.75, 3.05) is 12.9 Å². The Morgan fingerprint density at radius 2 is 2.27 bits per heavy atom. The van der Waals surface area contributed by atoms with Crippen LogP contribution >= 0.6 is 12.6 Å². The molecule has 1 atom stereocenters. The average molecular weight is 179 g/mol. The Kier molecular flexibility index (Phi) is 4.44. The number of amides is 1. The lowest BCUT2D eigenvalue weighted by molar-refractivity contribution is -0.138. The van der Waals surface area contributed by atoms with Gasteiger partial charge in [0, 0.05) is 5.75 Å². The molecule has 0 spiro atoms. The minimum Gasteiger partial charge on any atom is -0.480 e. The molecule has 0 saturated carbocycles. The van der Waals surface area contributed by atoms with Crippen molar-refractivity contribution in [3.63, 3.8) is 0 Å². The van der Waals surface area contributed by atoms with Gasteiger partial charge in [0.15, 0.2) is 0 Å². The van der Waals surface area contributed by atoms with Gasteiger partial charge in [-0.2, -0.15) is 12.6 Å². The minimum absolute atomic E-state index is 0.0322. The minimum atomic E-state index is -1.13. The van der Waals surface area contributed by atoms with Crippen molar-refractivity contribution in [1.82, 2.24) is 5.32 Å². The zero-order chi connectivity index (χ0) is 8.85. The van der Waals surface area contributed by atoms with E-state index < -0.39 is 18.1 Å². The third-order valence-corrected chi connectivity index (χ3v) is 1.32. The molecule has 11 heavy (non-hydrogen) atoms. The maximum atomic E-state index is 10.5. The lowest BCUT2D eigenvalue weighted by atomic mass is 10.3. The van der Waals surface area contributed by atoms with Crippen LogP contribution in [0, 0.1) is 0 Å². The summed E-state index contributed by atoms with van der Waals surface area (Å²) in [7, 11) is 1.16. The Balaban J connectivity index is 3.88. The Hall–Kier alpha value is -0.910. The highest BCUT2D eigenvalue weighted by atomic mass is 32.1. The van der Waals surface area contributed by atoms with Gasteiger partial charge in [-0.1, -0.05) is 0 Å². The van der Waals surface area contributed by atoms with Gasteiger partial charge in [0.25, 0.3) is 0 Å². The summed E-state index contributed by atoms with van der Waals surface area (Å²) in [5, 5.41) is 10.5.